The van der Waals surface area contributed by atoms with Crippen molar-refractivity contribution < 1.29 is 29.1 Å². The minimum Gasteiger partial charge on any atom is -0.480 e. The zero-order chi connectivity index (χ0) is 20.0. The van der Waals surface area contributed by atoms with Gasteiger partial charge in [0.1, 0.15) is 27.0 Å². The number of hydrogen-bond donors (Lipinski definition) is 2. The number of pyridine rings is 1. The molecule has 0 aliphatic heterocycles. The first-order valence-corrected chi connectivity index (χ1v) is 8.70. The fourth-order valence-electron chi connectivity index (χ4n) is 2.75. The lowest BCUT2D eigenvalue weighted by Crippen LogP contribution is -2.20. The van der Waals surface area contributed by atoms with Crippen molar-refractivity contribution in [1.29, 1.82) is 0 Å². The highest BCUT2D eigenvalue weighted by Gasteiger charge is 2.34. The van der Waals surface area contributed by atoms with Crippen molar-refractivity contribution >= 4 is 40.3 Å². The molecule has 2 aromatic rings. The summed E-state index contributed by atoms with van der Waals surface area (Å²) in [6.45, 7) is 1.25. The second-order valence-electron chi connectivity index (χ2n) is 6.10. The molecule has 1 aromatic heterocycles. The number of nitro groups is 1. The zero-order valence-electron chi connectivity index (χ0n) is 13.8. The van der Waals surface area contributed by atoms with Crippen molar-refractivity contribution in [2.75, 3.05) is 0 Å². The van der Waals surface area contributed by atoms with Crippen LogP contribution in [0.15, 0.2) is 22.0 Å². The fourth-order valence-corrected chi connectivity index (χ4v) is 3.66. The Balaban J connectivity index is 2.43. The molecule has 1 aromatic carbocycles. The standard InChI is InChI=1S/C16H13FN2O7S/c1-6(15(21)22)27-14-10(17)4-8-11(12(14)19(25)26)18(7-2-3-7)5-9(13(8)20)16(23)24/h4-7H,2-3H2,1H3,(H,21,22)(H,23,24)/t6-/m0/s1. The molecule has 0 amide bonds. The van der Waals surface area contributed by atoms with E-state index in [1.807, 2.05) is 0 Å². The van der Waals surface area contributed by atoms with Crippen molar-refractivity contribution in [3.05, 3.63) is 44.0 Å². The van der Waals surface area contributed by atoms with E-state index in [1.54, 1.807) is 0 Å². The highest BCUT2D eigenvalue weighted by atomic mass is 32.2. The molecule has 0 unspecified atom stereocenters. The van der Waals surface area contributed by atoms with Gasteiger partial charge >= 0.3 is 17.6 Å². The van der Waals surface area contributed by atoms with E-state index in [9.17, 15) is 34.0 Å². The summed E-state index contributed by atoms with van der Waals surface area (Å²) < 4.78 is 15.9. The van der Waals surface area contributed by atoms with Gasteiger partial charge < -0.3 is 14.8 Å². The van der Waals surface area contributed by atoms with Crippen LogP contribution in [0.25, 0.3) is 10.9 Å². The summed E-state index contributed by atoms with van der Waals surface area (Å²) in [6, 6.07) is 0.498. The van der Waals surface area contributed by atoms with Crippen LogP contribution >= 0.6 is 11.8 Å². The predicted octanol–water partition coefficient (Wildman–Crippen LogP) is 2.65. The number of rotatable bonds is 6. The molecule has 11 heteroatoms. The molecule has 0 radical (unpaired) electrons. The van der Waals surface area contributed by atoms with Crippen LogP contribution in [0.1, 0.15) is 36.2 Å². The Bertz CT molecular complexity index is 1060. The molecule has 2 N–H and O–H groups in total. The van der Waals surface area contributed by atoms with E-state index in [-0.39, 0.29) is 11.6 Å². The summed E-state index contributed by atoms with van der Waals surface area (Å²) in [6.07, 6.45) is 2.28. The minimum atomic E-state index is -1.52. The van der Waals surface area contributed by atoms with Gasteiger partial charge in [0.2, 0.25) is 5.43 Å². The van der Waals surface area contributed by atoms with Gasteiger partial charge in [-0.25, -0.2) is 9.18 Å². The van der Waals surface area contributed by atoms with E-state index >= 15 is 0 Å². The molecule has 1 heterocycles. The van der Waals surface area contributed by atoms with E-state index < -0.39 is 54.9 Å². The number of carboxylic acid groups (broad SMARTS) is 2. The zero-order valence-corrected chi connectivity index (χ0v) is 14.7. The van der Waals surface area contributed by atoms with Crippen molar-refractivity contribution in [3.63, 3.8) is 0 Å². The number of halogens is 1. The van der Waals surface area contributed by atoms with Crippen molar-refractivity contribution in [2.24, 2.45) is 0 Å². The lowest BCUT2D eigenvalue weighted by atomic mass is 10.1. The third-order valence-electron chi connectivity index (χ3n) is 4.19. The number of aliphatic carboxylic acids is 1. The van der Waals surface area contributed by atoms with Crippen LogP contribution in [0.4, 0.5) is 10.1 Å². The Morgan fingerprint density at radius 2 is 2.04 bits per heavy atom. The van der Waals surface area contributed by atoms with Gasteiger partial charge in [-0.3, -0.25) is 19.7 Å². The summed E-state index contributed by atoms with van der Waals surface area (Å²) in [5.74, 6) is -3.94. The topological polar surface area (TPSA) is 140 Å². The number of fused-ring (bicyclic) bond motifs is 1. The average molecular weight is 396 g/mol. The number of aromatic nitrogens is 1. The molecule has 0 spiro atoms. The van der Waals surface area contributed by atoms with E-state index in [2.05, 4.69) is 0 Å². The Morgan fingerprint density at radius 3 is 2.52 bits per heavy atom. The van der Waals surface area contributed by atoms with Gasteiger partial charge in [0.05, 0.1) is 10.3 Å². The van der Waals surface area contributed by atoms with Crippen molar-refractivity contribution in [2.45, 2.75) is 36.0 Å². The Labute approximate surface area is 154 Å². The number of thioether (sulfide) groups is 1. The summed E-state index contributed by atoms with van der Waals surface area (Å²) in [5, 5.41) is 28.4. The molecule has 9 nitrogen and oxygen atoms in total. The molecular formula is C16H13FN2O7S. The third kappa shape index (κ3) is 3.25. The van der Waals surface area contributed by atoms with Crippen LogP contribution in [0.5, 0.6) is 0 Å². The van der Waals surface area contributed by atoms with Gasteiger partial charge in [-0.1, -0.05) is 0 Å². The first-order valence-electron chi connectivity index (χ1n) is 7.82. The molecule has 0 saturated heterocycles. The monoisotopic (exact) mass is 396 g/mol. The number of nitrogens with zero attached hydrogens (tertiary/aromatic N) is 2. The molecule has 1 atom stereocenters. The minimum absolute atomic E-state index is 0.195. The van der Waals surface area contributed by atoms with Crippen molar-refractivity contribution in [3.8, 4) is 0 Å². The SMILES string of the molecule is C[C@H](Sc1c(F)cc2c(=O)c(C(=O)O)cn(C3CC3)c2c1[N+](=O)[O-])C(=O)O. The quantitative estimate of drug-likeness (QED) is 0.431. The number of benzene rings is 1. The molecule has 1 saturated carbocycles. The Hall–Kier alpha value is -2.95. The van der Waals surface area contributed by atoms with Gasteiger partial charge in [-0.05, 0) is 25.8 Å². The largest absolute Gasteiger partial charge is 0.480 e. The number of carboxylic acids is 2. The summed E-state index contributed by atoms with van der Waals surface area (Å²) >= 11 is 0.457. The first kappa shape index (κ1) is 18.8. The van der Waals surface area contributed by atoms with Gasteiger partial charge in [0.25, 0.3) is 0 Å². The van der Waals surface area contributed by atoms with Crippen LogP contribution in [0.2, 0.25) is 0 Å². The molecule has 1 aliphatic carbocycles. The second kappa shape index (κ2) is 6.65. The third-order valence-corrected chi connectivity index (χ3v) is 5.37. The van der Waals surface area contributed by atoms with Crippen LogP contribution in [-0.2, 0) is 4.79 Å². The molecular weight excluding hydrogens is 383 g/mol. The maximum Gasteiger partial charge on any atom is 0.341 e. The lowest BCUT2D eigenvalue weighted by Gasteiger charge is -2.15. The molecule has 0 bridgehead atoms. The summed E-state index contributed by atoms with van der Waals surface area (Å²) in [4.78, 5) is 45.2. The van der Waals surface area contributed by atoms with Crippen LogP contribution in [-0.4, -0.2) is 36.9 Å². The van der Waals surface area contributed by atoms with E-state index in [4.69, 9.17) is 5.11 Å². The van der Waals surface area contributed by atoms with E-state index in [1.165, 1.54) is 11.5 Å². The molecule has 142 valence electrons. The van der Waals surface area contributed by atoms with Crippen LogP contribution in [0.3, 0.4) is 0 Å². The number of aromatic carboxylic acids is 1. The average Bonchev–Trinajstić information content (AvgIpc) is 3.40. The molecule has 1 aliphatic rings. The smallest absolute Gasteiger partial charge is 0.341 e. The van der Waals surface area contributed by atoms with E-state index in [0.29, 0.717) is 24.6 Å². The lowest BCUT2D eigenvalue weighted by molar-refractivity contribution is -0.386. The molecule has 27 heavy (non-hydrogen) atoms. The predicted molar refractivity (Wildman–Crippen MR) is 93.0 cm³/mol. The van der Waals surface area contributed by atoms with Crippen LogP contribution < -0.4 is 5.43 Å². The second-order valence-corrected chi connectivity index (χ2v) is 7.45. The van der Waals surface area contributed by atoms with Gasteiger partial charge in [0.15, 0.2) is 0 Å². The first-order chi connectivity index (χ1) is 12.6. The highest BCUT2D eigenvalue weighted by Crippen LogP contribution is 2.44. The van der Waals surface area contributed by atoms with Crippen LogP contribution in [0, 0.1) is 15.9 Å². The van der Waals surface area contributed by atoms with Gasteiger partial charge in [-0.15, -0.1) is 11.8 Å². The summed E-state index contributed by atoms with van der Waals surface area (Å²) in [5.41, 5.74) is -2.57. The van der Waals surface area contributed by atoms with Gasteiger partial charge in [0, 0.05) is 12.2 Å². The van der Waals surface area contributed by atoms with Crippen molar-refractivity contribution in [1.82, 2.24) is 4.57 Å². The Kier molecular flexibility index (Phi) is 4.64. The molecule has 3 rings (SSSR count). The van der Waals surface area contributed by atoms with E-state index in [0.717, 1.165) is 12.3 Å². The Morgan fingerprint density at radius 1 is 1.41 bits per heavy atom. The fraction of sp³-hybridized carbons (Fsp3) is 0.312. The number of carbonyl (C=O) groups is 2. The normalized spacial score (nSPS) is 14.9. The van der Waals surface area contributed by atoms with Gasteiger partial charge in [-0.2, -0.15) is 0 Å². The maximum atomic E-state index is 14.6. The molecule has 1 fully saturated rings. The maximum absolute atomic E-state index is 14.6. The summed E-state index contributed by atoms with van der Waals surface area (Å²) in [7, 11) is 0. The highest BCUT2D eigenvalue weighted by molar-refractivity contribution is 8.00. The number of nitro benzene ring substituents is 1. The number of hydrogen-bond acceptors (Lipinski definition) is 6.